The summed E-state index contributed by atoms with van der Waals surface area (Å²) in [7, 11) is 0. The molecule has 0 aromatic rings. The summed E-state index contributed by atoms with van der Waals surface area (Å²) in [5.41, 5.74) is -0.0131. The summed E-state index contributed by atoms with van der Waals surface area (Å²) in [6.45, 7) is 1.56. The number of carbonyl (C=O) groups is 1. The first-order chi connectivity index (χ1) is 6.35. The molecule has 1 aliphatic carbocycles. The molecule has 0 aromatic carbocycles. The lowest BCUT2D eigenvalue weighted by atomic mass is 9.77. The van der Waals surface area contributed by atoms with Crippen molar-refractivity contribution >= 4 is 6.29 Å². The molecule has 0 atom stereocenters. The van der Waals surface area contributed by atoms with Crippen molar-refractivity contribution in [1.82, 2.24) is 0 Å². The van der Waals surface area contributed by atoms with Gasteiger partial charge in [-0.3, -0.25) is 0 Å². The van der Waals surface area contributed by atoms with E-state index in [9.17, 15) is 4.79 Å². The standard InChI is InChI=1S/C11H18O2/c12-9-11(4-3-10-1-2-10)5-7-13-8-6-11/h9-10H,1-8H2. The van der Waals surface area contributed by atoms with E-state index in [0.717, 1.165) is 38.4 Å². The Bertz CT molecular complexity index is 179. The van der Waals surface area contributed by atoms with Crippen molar-refractivity contribution in [3.63, 3.8) is 0 Å². The zero-order valence-electron chi connectivity index (χ0n) is 8.13. The predicted octanol–water partition coefficient (Wildman–Crippen LogP) is 2.17. The maximum absolute atomic E-state index is 11.1. The number of hydrogen-bond acceptors (Lipinski definition) is 2. The molecule has 2 nitrogen and oxygen atoms in total. The van der Waals surface area contributed by atoms with E-state index in [1.54, 1.807) is 0 Å². The minimum Gasteiger partial charge on any atom is -0.381 e. The Morgan fingerprint density at radius 3 is 2.54 bits per heavy atom. The SMILES string of the molecule is O=CC1(CCC2CC2)CCOCC1. The van der Waals surface area contributed by atoms with Gasteiger partial charge in [0.25, 0.3) is 0 Å². The second-order valence-corrected chi connectivity index (χ2v) is 4.57. The van der Waals surface area contributed by atoms with Crippen LogP contribution < -0.4 is 0 Å². The first-order valence-electron chi connectivity index (χ1n) is 5.39. The Morgan fingerprint density at radius 1 is 1.31 bits per heavy atom. The number of carbonyl (C=O) groups excluding carboxylic acids is 1. The molecule has 13 heavy (non-hydrogen) atoms. The minimum absolute atomic E-state index is 0.0131. The van der Waals surface area contributed by atoms with Gasteiger partial charge in [-0.1, -0.05) is 12.8 Å². The molecule has 1 aliphatic heterocycles. The van der Waals surface area contributed by atoms with Crippen molar-refractivity contribution in [1.29, 1.82) is 0 Å². The molecule has 2 rings (SSSR count). The van der Waals surface area contributed by atoms with Crippen molar-refractivity contribution in [2.24, 2.45) is 11.3 Å². The summed E-state index contributed by atoms with van der Waals surface area (Å²) in [5, 5.41) is 0. The van der Waals surface area contributed by atoms with E-state index in [0.29, 0.717) is 0 Å². The largest absolute Gasteiger partial charge is 0.381 e. The monoisotopic (exact) mass is 182 g/mol. The van der Waals surface area contributed by atoms with Gasteiger partial charge in [-0.05, 0) is 31.6 Å². The zero-order valence-corrected chi connectivity index (χ0v) is 8.13. The fourth-order valence-electron chi connectivity index (χ4n) is 2.10. The minimum atomic E-state index is -0.0131. The van der Waals surface area contributed by atoms with Crippen LogP contribution in [0.5, 0.6) is 0 Å². The topological polar surface area (TPSA) is 26.3 Å². The Labute approximate surface area is 79.7 Å². The van der Waals surface area contributed by atoms with Gasteiger partial charge >= 0.3 is 0 Å². The second-order valence-electron chi connectivity index (χ2n) is 4.57. The first kappa shape index (κ1) is 9.20. The van der Waals surface area contributed by atoms with Crippen LogP contribution in [0.4, 0.5) is 0 Å². The molecule has 1 heterocycles. The molecule has 2 fully saturated rings. The summed E-state index contributed by atoms with van der Waals surface area (Å²) in [6.07, 6.45) is 8.24. The van der Waals surface area contributed by atoms with Crippen LogP contribution in [0.1, 0.15) is 38.5 Å². The lowest BCUT2D eigenvalue weighted by molar-refractivity contribution is -0.122. The highest BCUT2D eigenvalue weighted by atomic mass is 16.5. The third kappa shape index (κ3) is 2.31. The number of hydrogen-bond donors (Lipinski definition) is 0. The highest BCUT2D eigenvalue weighted by molar-refractivity contribution is 5.59. The van der Waals surface area contributed by atoms with Gasteiger partial charge in [-0.25, -0.2) is 0 Å². The number of ether oxygens (including phenoxy) is 1. The van der Waals surface area contributed by atoms with E-state index in [4.69, 9.17) is 4.74 Å². The van der Waals surface area contributed by atoms with Crippen molar-refractivity contribution < 1.29 is 9.53 Å². The molecule has 0 unspecified atom stereocenters. The summed E-state index contributed by atoms with van der Waals surface area (Å²) < 4.78 is 5.29. The van der Waals surface area contributed by atoms with E-state index < -0.39 is 0 Å². The van der Waals surface area contributed by atoms with Gasteiger partial charge in [0.2, 0.25) is 0 Å². The molecule has 2 heteroatoms. The predicted molar refractivity (Wildman–Crippen MR) is 50.5 cm³/mol. The molecule has 0 radical (unpaired) electrons. The molecular weight excluding hydrogens is 164 g/mol. The van der Waals surface area contributed by atoms with Gasteiger partial charge in [-0.15, -0.1) is 0 Å². The third-order valence-electron chi connectivity index (χ3n) is 3.49. The highest BCUT2D eigenvalue weighted by Gasteiger charge is 2.34. The maximum atomic E-state index is 11.1. The quantitative estimate of drug-likeness (QED) is 0.623. The Balaban J connectivity index is 1.84. The van der Waals surface area contributed by atoms with E-state index in [1.165, 1.54) is 25.5 Å². The van der Waals surface area contributed by atoms with Gasteiger partial charge in [0.05, 0.1) is 0 Å². The van der Waals surface area contributed by atoms with Crippen LogP contribution in [0.2, 0.25) is 0 Å². The lowest BCUT2D eigenvalue weighted by Crippen LogP contribution is -2.31. The Kier molecular flexibility index (Phi) is 2.68. The van der Waals surface area contributed by atoms with Crippen LogP contribution in [-0.4, -0.2) is 19.5 Å². The molecule has 1 saturated heterocycles. The van der Waals surface area contributed by atoms with Gasteiger partial charge in [0.15, 0.2) is 0 Å². The maximum Gasteiger partial charge on any atom is 0.126 e. The molecule has 0 spiro atoms. The molecule has 0 bridgehead atoms. The van der Waals surface area contributed by atoms with Crippen LogP contribution in [0.15, 0.2) is 0 Å². The second kappa shape index (κ2) is 3.79. The summed E-state index contributed by atoms with van der Waals surface area (Å²) >= 11 is 0. The van der Waals surface area contributed by atoms with Crippen molar-refractivity contribution in [2.75, 3.05) is 13.2 Å². The van der Waals surface area contributed by atoms with Crippen LogP contribution in [0, 0.1) is 11.3 Å². The molecule has 0 amide bonds. The van der Waals surface area contributed by atoms with E-state index in [1.807, 2.05) is 0 Å². The highest BCUT2D eigenvalue weighted by Crippen LogP contribution is 2.40. The fourth-order valence-corrected chi connectivity index (χ4v) is 2.10. The van der Waals surface area contributed by atoms with Crippen LogP contribution in [-0.2, 0) is 9.53 Å². The number of rotatable bonds is 4. The van der Waals surface area contributed by atoms with E-state index in [2.05, 4.69) is 0 Å². The van der Waals surface area contributed by atoms with Gasteiger partial charge in [0.1, 0.15) is 6.29 Å². The Hall–Kier alpha value is -0.370. The molecule has 74 valence electrons. The fraction of sp³-hybridized carbons (Fsp3) is 0.909. The van der Waals surface area contributed by atoms with Crippen molar-refractivity contribution in [2.45, 2.75) is 38.5 Å². The van der Waals surface area contributed by atoms with E-state index in [-0.39, 0.29) is 5.41 Å². The summed E-state index contributed by atoms with van der Waals surface area (Å²) in [6, 6.07) is 0. The van der Waals surface area contributed by atoms with Gasteiger partial charge in [-0.2, -0.15) is 0 Å². The molecule has 1 saturated carbocycles. The smallest absolute Gasteiger partial charge is 0.126 e. The van der Waals surface area contributed by atoms with Crippen LogP contribution in [0.25, 0.3) is 0 Å². The van der Waals surface area contributed by atoms with E-state index >= 15 is 0 Å². The van der Waals surface area contributed by atoms with Gasteiger partial charge in [0, 0.05) is 18.6 Å². The molecule has 0 N–H and O–H groups in total. The van der Waals surface area contributed by atoms with Crippen molar-refractivity contribution in [3.05, 3.63) is 0 Å². The summed E-state index contributed by atoms with van der Waals surface area (Å²) in [5.74, 6) is 0.944. The Morgan fingerprint density at radius 2 is 2.00 bits per heavy atom. The van der Waals surface area contributed by atoms with Gasteiger partial charge < -0.3 is 9.53 Å². The first-order valence-corrected chi connectivity index (χ1v) is 5.39. The van der Waals surface area contributed by atoms with Crippen molar-refractivity contribution in [3.8, 4) is 0 Å². The molecule has 0 aromatic heterocycles. The number of aldehydes is 1. The average Bonchev–Trinajstić information content (AvgIpc) is 3.00. The van der Waals surface area contributed by atoms with Crippen LogP contribution in [0.3, 0.4) is 0 Å². The third-order valence-corrected chi connectivity index (χ3v) is 3.49. The summed E-state index contributed by atoms with van der Waals surface area (Å²) in [4.78, 5) is 11.1. The molecule has 2 aliphatic rings. The average molecular weight is 182 g/mol. The molecular formula is C11H18O2. The lowest BCUT2D eigenvalue weighted by Gasteiger charge is -2.31. The zero-order chi connectivity index (χ0) is 9.15. The normalized spacial score (nSPS) is 27.1. The van der Waals surface area contributed by atoms with Crippen LogP contribution >= 0.6 is 0 Å².